The first-order valence-corrected chi connectivity index (χ1v) is 15.5. The maximum Gasteiger partial charge on any atom is 0.457 e. The molecule has 1 saturated heterocycles. The maximum atomic E-state index is 13.5. The number of carbonyl (C=O) groups is 2. The van der Waals surface area contributed by atoms with Crippen LogP contribution in [0, 0.1) is 35.0 Å². The van der Waals surface area contributed by atoms with Crippen LogP contribution < -0.4 is 4.90 Å². The lowest BCUT2D eigenvalue weighted by Gasteiger charge is -2.52. The molecule has 218 valence electrons. The number of hydrogen-bond acceptors (Lipinski definition) is 3. The Morgan fingerprint density at radius 3 is 2.51 bits per heavy atom. The first kappa shape index (κ1) is 28.3. The number of nitrogens with zero attached hydrogens (tertiary/aromatic N) is 1. The van der Waals surface area contributed by atoms with Gasteiger partial charge in [-0.3, -0.25) is 9.59 Å². The molecule has 6 heteroatoms. The quantitative estimate of drug-likeness (QED) is 0.340. The highest BCUT2D eigenvalue weighted by molar-refractivity contribution is 5.93. The molecule has 0 aromatic heterocycles. The van der Waals surface area contributed by atoms with E-state index in [-0.39, 0.29) is 41.7 Å². The molecule has 6 rings (SSSR count). The van der Waals surface area contributed by atoms with Crippen LogP contribution in [0.1, 0.15) is 95.5 Å². The van der Waals surface area contributed by atoms with Crippen LogP contribution in [0.5, 0.6) is 0 Å². The Morgan fingerprint density at radius 1 is 1.02 bits per heavy atom. The molecule has 0 amide bonds. The zero-order valence-corrected chi connectivity index (χ0v) is 24.0. The van der Waals surface area contributed by atoms with Crippen LogP contribution in [-0.2, 0) is 9.59 Å². The number of piperidine rings is 1. The first-order valence-electron chi connectivity index (χ1n) is 15.5. The molecular weight excluding hydrogens is 523 g/mol. The Morgan fingerprint density at radius 2 is 1.78 bits per heavy atom. The minimum absolute atomic E-state index is 0.0438. The Labute approximate surface area is 241 Å². The molecule has 1 aromatic rings. The van der Waals surface area contributed by atoms with Crippen molar-refractivity contribution in [1.29, 1.82) is 0 Å². The molecule has 5 atom stereocenters. The van der Waals surface area contributed by atoms with E-state index >= 15 is 0 Å². The van der Waals surface area contributed by atoms with Crippen molar-refractivity contribution in [3.8, 4) is 11.8 Å². The minimum Gasteiger partial charge on any atom is -0.372 e. The minimum atomic E-state index is -4.52. The van der Waals surface area contributed by atoms with Crippen LogP contribution in [0.25, 0.3) is 0 Å². The second kappa shape index (κ2) is 11.1. The molecule has 3 nitrogen and oxygen atoms in total. The summed E-state index contributed by atoms with van der Waals surface area (Å²) < 4.78 is 37.5. The lowest BCUT2D eigenvalue weighted by Crippen LogP contribution is -2.45. The topological polar surface area (TPSA) is 37.4 Å². The van der Waals surface area contributed by atoms with Crippen molar-refractivity contribution < 1.29 is 22.8 Å². The summed E-state index contributed by atoms with van der Waals surface area (Å²) in [6, 6.07) is 9.09. The van der Waals surface area contributed by atoms with E-state index in [1.807, 2.05) is 6.08 Å². The van der Waals surface area contributed by atoms with Crippen molar-refractivity contribution in [3.05, 3.63) is 52.6 Å². The highest BCUT2D eigenvalue weighted by atomic mass is 19.4. The van der Waals surface area contributed by atoms with E-state index in [9.17, 15) is 22.8 Å². The van der Waals surface area contributed by atoms with E-state index in [4.69, 9.17) is 0 Å². The molecule has 0 unspecified atom stereocenters. The molecule has 1 heterocycles. The molecule has 2 saturated carbocycles. The molecule has 0 N–H and O–H groups in total. The summed E-state index contributed by atoms with van der Waals surface area (Å²) in [5.41, 5.74) is 6.47. The molecule has 0 bridgehead atoms. The number of allylic oxidation sites excluding steroid dienone is 4. The number of anilines is 1. The van der Waals surface area contributed by atoms with E-state index in [0.717, 1.165) is 51.6 Å². The summed E-state index contributed by atoms with van der Waals surface area (Å²) in [6.07, 6.45) is 7.08. The number of fused-ring (bicyclic) bond motifs is 4. The highest BCUT2D eigenvalue weighted by Gasteiger charge is 2.58. The van der Waals surface area contributed by atoms with Crippen molar-refractivity contribution in [2.45, 2.75) is 96.1 Å². The number of carbonyl (C=O) groups excluding carboxylic acids is 2. The fourth-order valence-electron chi connectivity index (χ4n) is 9.08. The van der Waals surface area contributed by atoms with Gasteiger partial charge in [-0.25, -0.2) is 0 Å². The van der Waals surface area contributed by atoms with Crippen molar-refractivity contribution in [2.24, 2.45) is 23.2 Å². The van der Waals surface area contributed by atoms with E-state index in [1.54, 1.807) is 0 Å². The van der Waals surface area contributed by atoms with Crippen molar-refractivity contribution in [2.75, 3.05) is 18.0 Å². The maximum absolute atomic E-state index is 13.5. The van der Waals surface area contributed by atoms with Crippen molar-refractivity contribution in [1.82, 2.24) is 0 Å². The van der Waals surface area contributed by atoms with Crippen LogP contribution in [0.4, 0.5) is 18.9 Å². The van der Waals surface area contributed by atoms with E-state index in [1.165, 1.54) is 53.2 Å². The van der Waals surface area contributed by atoms with Crippen LogP contribution in [-0.4, -0.2) is 30.8 Å². The molecular formula is C35H40F3NO2. The fourth-order valence-corrected chi connectivity index (χ4v) is 9.08. The Hall–Kier alpha value is -2.81. The van der Waals surface area contributed by atoms with Gasteiger partial charge in [-0.1, -0.05) is 30.6 Å². The Bertz CT molecular complexity index is 1320. The van der Waals surface area contributed by atoms with Crippen molar-refractivity contribution in [3.63, 3.8) is 0 Å². The number of Topliss-reactive ketones (excluding diaryl/α,β-unsaturated/α-hetero) is 1. The van der Waals surface area contributed by atoms with Crippen molar-refractivity contribution >= 4 is 17.3 Å². The number of alkyl halides is 3. The zero-order valence-electron chi connectivity index (χ0n) is 24.0. The monoisotopic (exact) mass is 563 g/mol. The van der Waals surface area contributed by atoms with Gasteiger partial charge in [-0.15, -0.1) is 0 Å². The van der Waals surface area contributed by atoms with Crippen LogP contribution >= 0.6 is 0 Å². The lowest BCUT2D eigenvalue weighted by atomic mass is 9.51. The van der Waals surface area contributed by atoms with Gasteiger partial charge < -0.3 is 4.90 Å². The molecule has 4 aliphatic carbocycles. The second-order valence-corrected chi connectivity index (χ2v) is 13.1. The molecule has 5 aliphatic rings. The van der Waals surface area contributed by atoms with Gasteiger partial charge in [-0.05, 0) is 110 Å². The van der Waals surface area contributed by atoms with Crippen LogP contribution in [0.3, 0.4) is 0 Å². The van der Waals surface area contributed by atoms with Gasteiger partial charge in [0.2, 0.25) is 0 Å². The smallest absolute Gasteiger partial charge is 0.372 e. The molecule has 0 spiro atoms. The number of rotatable bonds is 5. The highest BCUT2D eigenvalue weighted by Crippen LogP contribution is 2.66. The summed E-state index contributed by atoms with van der Waals surface area (Å²) in [5, 5.41) is 0. The van der Waals surface area contributed by atoms with Crippen LogP contribution in [0.15, 0.2) is 47.1 Å². The summed E-state index contributed by atoms with van der Waals surface area (Å²) in [4.78, 5) is 28.3. The molecule has 0 radical (unpaired) electrons. The zero-order chi connectivity index (χ0) is 28.8. The van der Waals surface area contributed by atoms with Gasteiger partial charge in [0.05, 0.1) is 0 Å². The summed E-state index contributed by atoms with van der Waals surface area (Å²) in [6.45, 7) is 4.47. The normalized spacial score (nSPS) is 31.5. The summed E-state index contributed by atoms with van der Waals surface area (Å²) in [5.74, 6) is 4.58. The molecule has 3 fully saturated rings. The Kier molecular flexibility index (Phi) is 7.68. The number of benzene rings is 1. The van der Waals surface area contributed by atoms with Gasteiger partial charge in [0, 0.05) is 55.8 Å². The average molecular weight is 564 g/mol. The molecule has 1 aromatic carbocycles. The van der Waals surface area contributed by atoms with Gasteiger partial charge in [0.25, 0.3) is 0 Å². The lowest BCUT2D eigenvalue weighted by molar-refractivity contribution is -0.127. The summed E-state index contributed by atoms with van der Waals surface area (Å²) >= 11 is 0. The van der Waals surface area contributed by atoms with Gasteiger partial charge in [-0.2, -0.15) is 13.2 Å². The molecule has 1 aliphatic heterocycles. The standard InChI is InChI=1S/C35H40F3NO2/c1-34-22-29(23-8-11-25(12-9-23)39-19-5-2-6-20-39)33-27-15-13-26(40)21-24(27)10-14-28(33)30(34)16-17-31(34)32(41)7-3-4-18-35(36,37)38/h8-9,11-12,21,28-31H,2-3,5-7,10,13-17,19-20,22H2,1H3/t28-,29+,30-,31+,34-/m0/s1. The van der Waals surface area contributed by atoms with Gasteiger partial charge >= 0.3 is 6.18 Å². The van der Waals surface area contributed by atoms with E-state index in [0.29, 0.717) is 18.3 Å². The third-order valence-electron chi connectivity index (χ3n) is 10.9. The largest absolute Gasteiger partial charge is 0.457 e. The average Bonchev–Trinajstić information content (AvgIpc) is 3.31. The summed E-state index contributed by atoms with van der Waals surface area (Å²) in [7, 11) is 0. The predicted octanol–water partition coefficient (Wildman–Crippen LogP) is 8.11. The Balaban J connectivity index is 1.33. The predicted molar refractivity (Wildman–Crippen MR) is 154 cm³/mol. The third kappa shape index (κ3) is 5.54. The SMILES string of the molecule is C[C@]12C[C@H](c3ccc(N4CCCCC4)cc3)C3=C4CCC(=O)C=C4CC[C@H]3[C@@H]1CC[C@@H]2C(=O)CCC#CC(F)(F)F. The first-order chi connectivity index (χ1) is 19.6. The number of halogens is 3. The second-order valence-electron chi connectivity index (χ2n) is 13.1. The number of hydrogen-bond donors (Lipinski definition) is 0. The van der Waals surface area contributed by atoms with E-state index < -0.39 is 6.18 Å². The fraction of sp³-hybridized carbons (Fsp3) is 0.600. The van der Waals surface area contributed by atoms with Gasteiger partial charge in [0.1, 0.15) is 5.78 Å². The van der Waals surface area contributed by atoms with Crippen LogP contribution in [0.2, 0.25) is 0 Å². The molecule has 41 heavy (non-hydrogen) atoms. The van der Waals surface area contributed by atoms with Gasteiger partial charge in [0.15, 0.2) is 5.78 Å². The van der Waals surface area contributed by atoms with E-state index in [2.05, 4.69) is 42.0 Å². The number of ketones is 2. The third-order valence-corrected chi connectivity index (χ3v) is 10.9.